The Kier molecular flexibility index (Phi) is 6.94. The zero-order valence-corrected chi connectivity index (χ0v) is 20.7. The third-order valence-corrected chi connectivity index (χ3v) is 8.23. The van der Waals surface area contributed by atoms with Crippen molar-refractivity contribution in [3.63, 3.8) is 0 Å². The van der Waals surface area contributed by atoms with E-state index in [2.05, 4.69) is 10.3 Å². The second-order valence-corrected chi connectivity index (χ2v) is 11.1. The highest BCUT2D eigenvalue weighted by Gasteiger charge is 2.32. The fraction of sp³-hybridized carbons (Fsp3) is 0.292. The molecule has 1 saturated heterocycles. The molecule has 0 saturated carbocycles. The number of amides is 1. The SMILES string of the molecule is CC(=O)c1sc(NC(=O)c2cccc(S(=O)(=O)N3C[C@@H](C)O[C@H](C)C3)c2)nc1-c1ccccc1. The van der Waals surface area contributed by atoms with Gasteiger partial charge < -0.3 is 4.74 Å². The van der Waals surface area contributed by atoms with E-state index in [4.69, 9.17) is 4.74 Å². The Bertz CT molecular complexity index is 1310. The van der Waals surface area contributed by atoms with Crippen molar-refractivity contribution >= 4 is 38.2 Å². The van der Waals surface area contributed by atoms with Crippen molar-refractivity contribution < 1.29 is 22.7 Å². The summed E-state index contributed by atoms with van der Waals surface area (Å²) in [6, 6.07) is 15.1. The van der Waals surface area contributed by atoms with Crippen molar-refractivity contribution in [3.8, 4) is 11.3 Å². The molecular weight excluding hydrogens is 474 g/mol. The molecule has 2 atom stereocenters. The minimum atomic E-state index is -3.79. The quantitative estimate of drug-likeness (QED) is 0.513. The summed E-state index contributed by atoms with van der Waals surface area (Å²) in [6.45, 7) is 5.61. The van der Waals surface area contributed by atoms with Gasteiger partial charge in [-0.2, -0.15) is 4.31 Å². The number of Topliss-reactive ketones (excluding diaryl/α,β-unsaturated/α-hetero) is 1. The van der Waals surface area contributed by atoms with E-state index in [-0.39, 0.29) is 46.7 Å². The molecule has 1 aliphatic rings. The van der Waals surface area contributed by atoms with Crippen molar-refractivity contribution in [1.29, 1.82) is 0 Å². The molecule has 0 spiro atoms. The third kappa shape index (κ3) is 5.10. The van der Waals surface area contributed by atoms with Crippen LogP contribution in [0.1, 0.15) is 40.8 Å². The Morgan fingerprint density at radius 3 is 2.38 bits per heavy atom. The molecule has 2 aromatic carbocycles. The molecule has 1 aliphatic heterocycles. The Labute approximate surface area is 202 Å². The van der Waals surface area contributed by atoms with Crippen LogP contribution < -0.4 is 5.32 Å². The number of anilines is 1. The summed E-state index contributed by atoms with van der Waals surface area (Å²) in [5.41, 5.74) is 1.45. The van der Waals surface area contributed by atoms with Gasteiger partial charge in [-0.05, 0) is 32.0 Å². The number of ketones is 1. The molecule has 1 aromatic heterocycles. The minimum absolute atomic E-state index is 0.0370. The topological polar surface area (TPSA) is 106 Å². The number of morpholine rings is 1. The van der Waals surface area contributed by atoms with Crippen LogP contribution in [0, 0.1) is 0 Å². The van der Waals surface area contributed by atoms with Gasteiger partial charge in [0.25, 0.3) is 5.91 Å². The number of carbonyl (C=O) groups is 2. The summed E-state index contributed by atoms with van der Waals surface area (Å²) in [4.78, 5) is 30.0. The number of nitrogens with zero attached hydrogens (tertiary/aromatic N) is 2. The van der Waals surface area contributed by atoms with Crippen molar-refractivity contribution in [2.24, 2.45) is 0 Å². The number of aromatic nitrogens is 1. The van der Waals surface area contributed by atoms with Crippen LogP contribution >= 0.6 is 11.3 Å². The molecule has 1 N–H and O–H groups in total. The van der Waals surface area contributed by atoms with Gasteiger partial charge in [-0.3, -0.25) is 14.9 Å². The number of benzene rings is 2. The standard InChI is InChI=1S/C24H25N3O5S2/c1-15-13-27(14-16(2)32-15)34(30,31)20-11-7-10-19(12-20)23(29)26-24-25-21(22(33-24)17(3)28)18-8-5-4-6-9-18/h4-12,15-16H,13-14H2,1-3H3,(H,25,26,29)/t15-,16-/m1/s1. The van der Waals surface area contributed by atoms with Gasteiger partial charge >= 0.3 is 0 Å². The molecule has 0 unspecified atom stereocenters. The van der Waals surface area contributed by atoms with Gasteiger partial charge in [0.15, 0.2) is 10.9 Å². The molecular formula is C24H25N3O5S2. The molecule has 3 aromatic rings. The van der Waals surface area contributed by atoms with Gasteiger partial charge in [0.2, 0.25) is 10.0 Å². The van der Waals surface area contributed by atoms with Gasteiger partial charge in [0.1, 0.15) is 0 Å². The van der Waals surface area contributed by atoms with Crippen LogP contribution in [-0.2, 0) is 14.8 Å². The number of sulfonamides is 1. The number of rotatable bonds is 6. The zero-order valence-electron chi connectivity index (χ0n) is 19.0. The summed E-state index contributed by atoms with van der Waals surface area (Å²) in [6.07, 6.45) is -0.437. The Morgan fingerprint density at radius 1 is 1.06 bits per heavy atom. The highest BCUT2D eigenvalue weighted by Crippen LogP contribution is 2.32. The second-order valence-electron chi connectivity index (χ2n) is 8.18. The van der Waals surface area contributed by atoms with Crippen LogP contribution in [0.2, 0.25) is 0 Å². The molecule has 8 nitrogen and oxygen atoms in total. The molecule has 0 radical (unpaired) electrons. The van der Waals surface area contributed by atoms with Crippen LogP contribution in [0.25, 0.3) is 11.3 Å². The van der Waals surface area contributed by atoms with Gasteiger partial charge in [-0.15, -0.1) is 0 Å². The molecule has 1 amide bonds. The Morgan fingerprint density at radius 2 is 1.74 bits per heavy atom. The number of hydrogen-bond acceptors (Lipinski definition) is 7. The number of thiazole rings is 1. The predicted octanol–water partition coefficient (Wildman–Crippen LogP) is 4.06. The number of nitrogens with one attached hydrogen (secondary N) is 1. The third-order valence-electron chi connectivity index (χ3n) is 5.33. The zero-order chi connectivity index (χ0) is 24.5. The molecule has 10 heteroatoms. The van der Waals surface area contributed by atoms with Crippen molar-refractivity contribution in [3.05, 3.63) is 65.0 Å². The van der Waals surface area contributed by atoms with E-state index in [0.717, 1.165) is 16.9 Å². The maximum atomic E-state index is 13.2. The summed E-state index contributed by atoms with van der Waals surface area (Å²) in [5, 5.41) is 2.97. The largest absolute Gasteiger partial charge is 0.373 e. The van der Waals surface area contributed by atoms with Crippen LogP contribution in [0.3, 0.4) is 0 Å². The highest BCUT2D eigenvalue weighted by molar-refractivity contribution is 7.89. The van der Waals surface area contributed by atoms with Crippen LogP contribution in [0.5, 0.6) is 0 Å². The molecule has 4 rings (SSSR count). The average molecular weight is 500 g/mol. The first-order valence-corrected chi connectivity index (χ1v) is 13.0. The molecule has 2 heterocycles. The molecule has 0 bridgehead atoms. The average Bonchev–Trinajstić information content (AvgIpc) is 3.23. The first-order valence-electron chi connectivity index (χ1n) is 10.8. The Balaban J connectivity index is 1.58. The summed E-state index contributed by atoms with van der Waals surface area (Å²) >= 11 is 1.09. The Hall–Kier alpha value is -2.92. The fourth-order valence-electron chi connectivity index (χ4n) is 3.85. The lowest BCUT2D eigenvalue weighted by molar-refractivity contribution is -0.0440. The van der Waals surface area contributed by atoms with E-state index in [1.807, 2.05) is 44.2 Å². The summed E-state index contributed by atoms with van der Waals surface area (Å²) < 4.78 is 33.4. The molecule has 0 aliphatic carbocycles. The lowest BCUT2D eigenvalue weighted by atomic mass is 10.1. The van der Waals surface area contributed by atoms with E-state index in [1.54, 1.807) is 0 Å². The summed E-state index contributed by atoms with van der Waals surface area (Å²) in [7, 11) is -3.79. The highest BCUT2D eigenvalue weighted by atomic mass is 32.2. The van der Waals surface area contributed by atoms with Gasteiger partial charge in [0.05, 0.1) is 27.7 Å². The first kappa shape index (κ1) is 24.2. The number of ether oxygens (including phenoxy) is 1. The fourth-order valence-corrected chi connectivity index (χ4v) is 6.36. The van der Waals surface area contributed by atoms with E-state index < -0.39 is 15.9 Å². The number of hydrogen-bond donors (Lipinski definition) is 1. The van der Waals surface area contributed by atoms with Crippen molar-refractivity contribution in [2.45, 2.75) is 37.9 Å². The van der Waals surface area contributed by atoms with E-state index in [1.165, 1.54) is 35.5 Å². The first-order chi connectivity index (χ1) is 16.1. The van der Waals surface area contributed by atoms with Crippen LogP contribution in [0.4, 0.5) is 5.13 Å². The predicted molar refractivity (Wildman–Crippen MR) is 131 cm³/mol. The van der Waals surface area contributed by atoms with E-state index in [0.29, 0.717) is 10.6 Å². The van der Waals surface area contributed by atoms with Gasteiger partial charge in [-0.1, -0.05) is 47.7 Å². The summed E-state index contributed by atoms with van der Waals surface area (Å²) in [5.74, 6) is -0.664. The minimum Gasteiger partial charge on any atom is -0.373 e. The molecule has 1 fully saturated rings. The smallest absolute Gasteiger partial charge is 0.257 e. The van der Waals surface area contributed by atoms with E-state index in [9.17, 15) is 18.0 Å². The molecule has 178 valence electrons. The van der Waals surface area contributed by atoms with Crippen LogP contribution in [-0.4, -0.2) is 54.7 Å². The monoisotopic (exact) mass is 499 g/mol. The normalized spacial score (nSPS) is 19.0. The maximum absolute atomic E-state index is 13.2. The van der Waals surface area contributed by atoms with Crippen LogP contribution in [0.15, 0.2) is 59.5 Å². The van der Waals surface area contributed by atoms with Gasteiger partial charge in [-0.25, -0.2) is 13.4 Å². The van der Waals surface area contributed by atoms with Gasteiger partial charge in [0, 0.05) is 31.1 Å². The maximum Gasteiger partial charge on any atom is 0.257 e. The second kappa shape index (κ2) is 9.75. The van der Waals surface area contributed by atoms with Crippen molar-refractivity contribution in [1.82, 2.24) is 9.29 Å². The lowest BCUT2D eigenvalue weighted by Crippen LogP contribution is -2.48. The molecule has 34 heavy (non-hydrogen) atoms. The lowest BCUT2D eigenvalue weighted by Gasteiger charge is -2.34. The number of carbonyl (C=O) groups excluding carboxylic acids is 2. The van der Waals surface area contributed by atoms with E-state index >= 15 is 0 Å². The van der Waals surface area contributed by atoms with Crippen molar-refractivity contribution in [2.75, 3.05) is 18.4 Å².